The van der Waals surface area contributed by atoms with E-state index in [0.717, 1.165) is 18.1 Å². The van der Waals surface area contributed by atoms with E-state index in [4.69, 9.17) is 11.6 Å². The molecule has 2 aromatic rings. The van der Waals surface area contributed by atoms with Gasteiger partial charge in [-0.15, -0.1) is 0 Å². The Hall–Kier alpha value is -1.31. The average Bonchev–Trinajstić information content (AvgIpc) is 2.42. The molecule has 0 aliphatic rings. The van der Waals surface area contributed by atoms with Crippen molar-refractivity contribution in [2.75, 3.05) is 6.54 Å². The van der Waals surface area contributed by atoms with Crippen LogP contribution in [0.3, 0.4) is 0 Å². The summed E-state index contributed by atoms with van der Waals surface area (Å²) in [6, 6.07) is 18.6. The molecule has 0 heterocycles. The Morgan fingerprint density at radius 1 is 1.00 bits per heavy atom. The molecule has 94 valence electrons. The lowest BCUT2D eigenvalue weighted by molar-refractivity contribution is 0.615. The molecule has 1 nitrogen and oxygen atoms in total. The van der Waals surface area contributed by atoms with Crippen molar-refractivity contribution in [3.05, 3.63) is 70.7 Å². The minimum atomic E-state index is 0.526. The topological polar surface area (TPSA) is 12.0 Å². The fourth-order valence-corrected chi connectivity index (χ4v) is 2.06. The van der Waals surface area contributed by atoms with Crippen molar-refractivity contribution in [2.45, 2.75) is 19.4 Å². The second-order valence-corrected chi connectivity index (χ2v) is 5.01. The highest BCUT2D eigenvalue weighted by Crippen LogP contribution is 2.14. The predicted octanol–water partition coefficient (Wildman–Crippen LogP) is 4.23. The van der Waals surface area contributed by atoms with Crippen LogP contribution in [0.4, 0.5) is 0 Å². The molecule has 0 radical (unpaired) electrons. The summed E-state index contributed by atoms with van der Waals surface area (Å²) in [7, 11) is 0. The summed E-state index contributed by atoms with van der Waals surface area (Å²) in [6.45, 7) is 4.10. The van der Waals surface area contributed by atoms with Crippen LogP contribution in [0.1, 0.15) is 24.0 Å². The zero-order valence-corrected chi connectivity index (χ0v) is 11.3. The standard InChI is InChI=1S/C16H18ClN/c1-13(15-5-3-2-4-6-15)11-18-12-14-7-9-16(17)10-8-14/h2-10,13,18H,11-12H2,1H3. The number of benzene rings is 2. The van der Waals surface area contributed by atoms with Gasteiger partial charge in [-0.05, 0) is 29.2 Å². The predicted molar refractivity (Wildman–Crippen MR) is 78.0 cm³/mol. The van der Waals surface area contributed by atoms with Crippen LogP contribution in [-0.2, 0) is 6.54 Å². The number of hydrogen-bond acceptors (Lipinski definition) is 1. The molecule has 2 heteroatoms. The SMILES string of the molecule is CC(CNCc1ccc(Cl)cc1)c1ccccc1. The fourth-order valence-electron chi connectivity index (χ4n) is 1.93. The summed E-state index contributed by atoms with van der Waals surface area (Å²) in [4.78, 5) is 0. The first-order valence-corrected chi connectivity index (χ1v) is 6.63. The lowest BCUT2D eigenvalue weighted by Crippen LogP contribution is -2.19. The van der Waals surface area contributed by atoms with Crippen LogP contribution in [0.5, 0.6) is 0 Å². The van der Waals surface area contributed by atoms with E-state index in [1.165, 1.54) is 11.1 Å². The molecule has 0 bridgehead atoms. The largest absolute Gasteiger partial charge is 0.312 e. The molecule has 1 atom stereocenters. The molecule has 0 spiro atoms. The third-order valence-electron chi connectivity index (χ3n) is 3.06. The van der Waals surface area contributed by atoms with Gasteiger partial charge in [-0.25, -0.2) is 0 Å². The molecule has 18 heavy (non-hydrogen) atoms. The summed E-state index contributed by atoms with van der Waals surface area (Å²) in [5, 5.41) is 4.26. The second-order valence-electron chi connectivity index (χ2n) is 4.57. The third kappa shape index (κ3) is 3.86. The highest BCUT2D eigenvalue weighted by Gasteiger charge is 2.03. The van der Waals surface area contributed by atoms with Crippen LogP contribution in [-0.4, -0.2) is 6.54 Å². The van der Waals surface area contributed by atoms with Gasteiger partial charge in [0.05, 0.1) is 0 Å². The van der Waals surface area contributed by atoms with Crippen molar-refractivity contribution in [1.29, 1.82) is 0 Å². The van der Waals surface area contributed by atoms with Crippen LogP contribution in [0.15, 0.2) is 54.6 Å². The maximum absolute atomic E-state index is 5.86. The summed E-state index contributed by atoms with van der Waals surface area (Å²) in [6.07, 6.45) is 0. The average molecular weight is 260 g/mol. The van der Waals surface area contributed by atoms with Crippen LogP contribution in [0.2, 0.25) is 5.02 Å². The Labute approximate surface area is 114 Å². The van der Waals surface area contributed by atoms with Crippen molar-refractivity contribution < 1.29 is 0 Å². The van der Waals surface area contributed by atoms with Gasteiger partial charge >= 0.3 is 0 Å². The zero-order valence-electron chi connectivity index (χ0n) is 10.6. The Balaban J connectivity index is 1.80. The molecule has 2 aromatic carbocycles. The molecule has 0 aliphatic carbocycles. The van der Waals surface area contributed by atoms with E-state index in [2.05, 4.69) is 54.7 Å². The molecule has 0 saturated heterocycles. The Morgan fingerprint density at radius 3 is 2.33 bits per heavy atom. The van der Waals surface area contributed by atoms with E-state index < -0.39 is 0 Å². The van der Waals surface area contributed by atoms with Gasteiger partial charge in [0.2, 0.25) is 0 Å². The highest BCUT2D eigenvalue weighted by atomic mass is 35.5. The molecule has 2 rings (SSSR count). The maximum atomic E-state index is 5.86. The number of rotatable bonds is 5. The van der Waals surface area contributed by atoms with Crippen molar-refractivity contribution in [2.24, 2.45) is 0 Å². The minimum Gasteiger partial charge on any atom is -0.312 e. The van der Waals surface area contributed by atoms with Gasteiger partial charge in [-0.2, -0.15) is 0 Å². The van der Waals surface area contributed by atoms with Crippen molar-refractivity contribution in [3.8, 4) is 0 Å². The van der Waals surface area contributed by atoms with E-state index in [1.54, 1.807) is 0 Å². The van der Waals surface area contributed by atoms with Gasteiger partial charge < -0.3 is 5.32 Å². The summed E-state index contributed by atoms with van der Waals surface area (Å²) in [5.74, 6) is 0.526. The molecule has 0 amide bonds. The van der Waals surface area contributed by atoms with Crippen LogP contribution < -0.4 is 5.32 Å². The van der Waals surface area contributed by atoms with Crippen molar-refractivity contribution >= 4 is 11.6 Å². The normalized spacial score (nSPS) is 12.3. The highest BCUT2D eigenvalue weighted by molar-refractivity contribution is 6.30. The molecule has 0 aromatic heterocycles. The van der Waals surface area contributed by atoms with Crippen LogP contribution in [0.25, 0.3) is 0 Å². The number of halogens is 1. The first kappa shape index (κ1) is 13.1. The summed E-state index contributed by atoms with van der Waals surface area (Å²) >= 11 is 5.86. The monoisotopic (exact) mass is 259 g/mol. The maximum Gasteiger partial charge on any atom is 0.0406 e. The third-order valence-corrected chi connectivity index (χ3v) is 3.31. The fraction of sp³-hybridized carbons (Fsp3) is 0.250. The minimum absolute atomic E-state index is 0.526. The van der Waals surface area contributed by atoms with Crippen molar-refractivity contribution in [1.82, 2.24) is 5.32 Å². The Morgan fingerprint density at radius 2 is 1.67 bits per heavy atom. The van der Waals surface area contributed by atoms with Crippen LogP contribution >= 0.6 is 11.6 Å². The number of nitrogens with one attached hydrogen (secondary N) is 1. The van der Waals surface area contributed by atoms with Gasteiger partial charge in [0.1, 0.15) is 0 Å². The smallest absolute Gasteiger partial charge is 0.0406 e. The number of hydrogen-bond donors (Lipinski definition) is 1. The summed E-state index contributed by atoms with van der Waals surface area (Å²) < 4.78 is 0. The molecular weight excluding hydrogens is 242 g/mol. The lowest BCUT2D eigenvalue weighted by Gasteiger charge is -2.13. The zero-order chi connectivity index (χ0) is 12.8. The Bertz CT molecular complexity index is 464. The molecule has 0 fully saturated rings. The van der Waals surface area contributed by atoms with Gasteiger partial charge in [-0.3, -0.25) is 0 Å². The second kappa shape index (κ2) is 6.58. The first-order chi connectivity index (χ1) is 8.75. The van der Waals surface area contributed by atoms with E-state index in [-0.39, 0.29) is 0 Å². The van der Waals surface area contributed by atoms with Gasteiger partial charge in [0.15, 0.2) is 0 Å². The van der Waals surface area contributed by atoms with Gasteiger partial charge in [-0.1, -0.05) is 61.0 Å². The van der Waals surface area contributed by atoms with Crippen molar-refractivity contribution in [3.63, 3.8) is 0 Å². The Kier molecular flexibility index (Phi) is 4.80. The molecule has 0 aliphatic heterocycles. The summed E-state index contributed by atoms with van der Waals surface area (Å²) in [5.41, 5.74) is 2.64. The lowest BCUT2D eigenvalue weighted by atomic mass is 10.0. The van der Waals surface area contributed by atoms with E-state index >= 15 is 0 Å². The van der Waals surface area contributed by atoms with E-state index in [1.807, 2.05) is 12.1 Å². The van der Waals surface area contributed by atoms with E-state index in [9.17, 15) is 0 Å². The molecule has 1 unspecified atom stereocenters. The first-order valence-electron chi connectivity index (χ1n) is 6.26. The quantitative estimate of drug-likeness (QED) is 0.847. The van der Waals surface area contributed by atoms with Gasteiger partial charge in [0.25, 0.3) is 0 Å². The molecular formula is C16H18ClN. The van der Waals surface area contributed by atoms with E-state index in [0.29, 0.717) is 5.92 Å². The van der Waals surface area contributed by atoms with Gasteiger partial charge in [0, 0.05) is 18.1 Å². The molecule has 0 saturated carbocycles. The molecule has 1 N–H and O–H groups in total. The van der Waals surface area contributed by atoms with Crippen LogP contribution in [0, 0.1) is 0 Å².